The molecule has 1 heterocycles. The highest BCUT2D eigenvalue weighted by molar-refractivity contribution is 5.87. The first-order valence-corrected chi connectivity index (χ1v) is 5.52. The number of hydrogen-bond donors (Lipinski definition) is 2. The topological polar surface area (TPSA) is 128 Å². The largest absolute Gasteiger partial charge is 0.464 e. The maximum Gasteiger partial charge on any atom is 0.356 e. The molecular formula is C11H14N4O4. The highest BCUT2D eigenvalue weighted by Gasteiger charge is 2.20. The molecule has 0 aliphatic heterocycles. The molecule has 0 aliphatic rings. The number of azide groups is 1. The van der Waals surface area contributed by atoms with E-state index in [4.69, 9.17) is 5.53 Å². The summed E-state index contributed by atoms with van der Waals surface area (Å²) in [5.41, 5.74) is 8.30. The van der Waals surface area contributed by atoms with Crippen molar-refractivity contribution in [3.8, 4) is 0 Å². The van der Waals surface area contributed by atoms with Gasteiger partial charge in [0.1, 0.15) is 11.8 Å². The van der Waals surface area contributed by atoms with E-state index in [1.165, 1.54) is 25.3 Å². The summed E-state index contributed by atoms with van der Waals surface area (Å²) >= 11 is 0. The zero-order chi connectivity index (χ0) is 14.3. The van der Waals surface area contributed by atoms with Gasteiger partial charge in [0.05, 0.1) is 18.9 Å². The Kier molecular flexibility index (Phi) is 5.74. The van der Waals surface area contributed by atoms with E-state index in [1.54, 1.807) is 0 Å². The molecule has 1 aromatic heterocycles. The van der Waals surface area contributed by atoms with E-state index in [9.17, 15) is 15.0 Å². The SMILES string of the molecule is COC(=O)c1cccc(C(O)C(O)CCN=[N+]=[N-])n1. The minimum atomic E-state index is -1.27. The van der Waals surface area contributed by atoms with E-state index in [2.05, 4.69) is 19.7 Å². The molecule has 2 N–H and O–H groups in total. The minimum Gasteiger partial charge on any atom is -0.464 e. The quantitative estimate of drug-likeness (QED) is 0.343. The van der Waals surface area contributed by atoms with Gasteiger partial charge >= 0.3 is 5.97 Å². The van der Waals surface area contributed by atoms with Gasteiger partial charge in [-0.05, 0) is 24.1 Å². The molecule has 2 unspecified atom stereocenters. The van der Waals surface area contributed by atoms with E-state index < -0.39 is 18.2 Å². The van der Waals surface area contributed by atoms with Crippen molar-refractivity contribution in [1.82, 2.24) is 4.98 Å². The minimum absolute atomic E-state index is 0.0429. The lowest BCUT2D eigenvalue weighted by Crippen LogP contribution is -2.21. The van der Waals surface area contributed by atoms with Crippen LogP contribution in [0, 0.1) is 0 Å². The van der Waals surface area contributed by atoms with Crippen LogP contribution in [0.5, 0.6) is 0 Å². The molecule has 102 valence electrons. The number of aliphatic hydroxyl groups excluding tert-OH is 2. The van der Waals surface area contributed by atoms with Gasteiger partial charge in [0.15, 0.2) is 0 Å². The Morgan fingerprint density at radius 3 is 2.95 bits per heavy atom. The fraction of sp³-hybridized carbons (Fsp3) is 0.455. The fourth-order valence-corrected chi connectivity index (χ4v) is 1.42. The standard InChI is InChI=1S/C11H14N4O4/c1-19-11(18)8-4-2-3-7(14-8)10(17)9(16)5-6-13-15-12/h2-4,9-10,16-17H,5-6H2,1H3. The van der Waals surface area contributed by atoms with Crippen molar-refractivity contribution in [2.24, 2.45) is 5.11 Å². The number of esters is 1. The summed E-state index contributed by atoms with van der Waals surface area (Å²) in [7, 11) is 1.22. The summed E-state index contributed by atoms with van der Waals surface area (Å²) in [5.74, 6) is -0.627. The van der Waals surface area contributed by atoms with Crippen molar-refractivity contribution in [3.05, 3.63) is 40.0 Å². The summed E-state index contributed by atoms with van der Waals surface area (Å²) in [6.07, 6.45) is -2.31. The third-order valence-corrected chi connectivity index (χ3v) is 2.42. The second kappa shape index (κ2) is 7.32. The van der Waals surface area contributed by atoms with Gasteiger partial charge < -0.3 is 14.9 Å². The van der Waals surface area contributed by atoms with Crippen molar-refractivity contribution < 1.29 is 19.7 Å². The molecule has 0 amide bonds. The molecule has 0 spiro atoms. The van der Waals surface area contributed by atoms with E-state index in [0.29, 0.717) is 0 Å². The van der Waals surface area contributed by atoms with Crippen molar-refractivity contribution in [1.29, 1.82) is 0 Å². The third-order valence-electron chi connectivity index (χ3n) is 2.42. The molecule has 8 nitrogen and oxygen atoms in total. The summed E-state index contributed by atoms with van der Waals surface area (Å²) in [4.78, 5) is 17.7. The smallest absolute Gasteiger partial charge is 0.356 e. The lowest BCUT2D eigenvalue weighted by Gasteiger charge is -2.16. The van der Waals surface area contributed by atoms with Crippen molar-refractivity contribution in [2.75, 3.05) is 13.7 Å². The number of aromatic nitrogens is 1. The van der Waals surface area contributed by atoms with E-state index in [-0.39, 0.29) is 24.4 Å². The Balaban J connectivity index is 2.78. The van der Waals surface area contributed by atoms with Gasteiger partial charge in [-0.15, -0.1) is 0 Å². The van der Waals surface area contributed by atoms with Gasteiger partial charge in [0.25, 0.3) is 0 Å². The molecule has 0 saturated carbocycles. The number of aliphatic hydroxyl groups is 2. The number of carbonyl (C=O) groups is 1. The molecule has 1 aromatic rings. The predicted octanol–water partition coefficient (Wildman–Crippen LogP) is 0.963. The van der Waals surface area contributed by atoms with Crippen LogP contribution >= 0.6 is 0 Å². The second-order valence-corrected chi connectivity index (χ2v) is 3.69. The maximum atomic E-state index is 11.3. The molecule has 19 heavy (non-hydrogen) atoms. The molecule has 0 radical (unpaired) electrons. The van der Waals surface area contributed by atoms with Crippen LogP contribution in [0.2, 0.25) is 0 Å². The Labute approximate surface area is 109 Å². The second-order valence-electron chi connectivity index (χ2n) is 3.69. The predicted molar refractivity (Wildman–Crippen MR) is 65.2 cm³/mol. The Bertz CT molecular complexity index is 487. The lowest BCUT2D eigenvalue weighted by molar-refractivity contribution is 0.0123. The van der Waals surface area contributed by atoms with Crippen molar-refractivity contribution in [2.45, 2.75) is 18.6 Å². The van der Waals surface area contributed by atoms with E-state index >= 15 is 0 Å². The van der Waals surface area contributed by atoms with Gasteiger partial charge in [-0.25, -0.2) is 9.78 Å². The molecule has 0 aliphatic carbocycles. The van der Waals surface area contributed by atoms with Crippen LogP contribution in [0.4, 0.5) is 0 Å². The number of nitrogens with zero attached hydrogens (tertiary/aromatic N) is 4. The summed E-state index contributed by atoms with van der Waals surface area (Å²) < 4.78 is 4.51. The summed E-state index contributed by atoms with van der Waals surface area (Å²) in [6, 6.07) is 4.44. The number of hydrogen-bond acceptors (Lipinski definition) is 6. The molecule has 1 rings (SSSR count). The average Bonchev–Trinajstić information content (AvgIpc) is 2.45. The first kappa shape index (κ1) is 14.9. The summed E-state index contributed by atoms with van der Waals surface area (Å²) in [5, 5.41) is 22.8. The first-order chi connectivity index (χ1) is 9.10. The first-order valence-electron chi connectivity index (χ1n) is 5.52. The molecular weight excluding hydrogens is 252 g/mol. The summed E-state index contributed by atoms with van der Waals surface area (Å²) in [6.45, 7) is 0.0609. The molecule has 0 saturated heterocycles. The Morgan fingerprint density at radius 2 is 2.32 bits per heavy atom. The zero-order valence-corrected chi connectivity index (χ0v) is 10.3. The number of rotatable bonds is 6. The molecule has 2 atom stereocenters. The van der Waals surface area contributed by atoms with Crippen LogP contribution in [-0.2, 0) is 4.74 Å². The Morgan fingerprint density at radius 1 is 1.58 bits per heavy atom. The monoisotopic (exact) mass is 266 g/mol. The van der Waals surface area contributed by atoms with Crippen LogP contribution in [0.1, 0.15) is 28.7 Å². The Hall–Kier alpha value is -2.15. The van der Waals surface area contributed by atoms with Crippen LogP contribution in [0.15, 0.2) is 23.3 Å². The third kappa shape index (κ3) is 4.22. The normalized spacial score (nSPS) is 13.2. The number of carbonyl (C=O) groups excluding carboxylic acids is 1. The number of pyridine rings is 1. The van der Waals surface area contributed by atoms with Gasteiger partial charge in [-0.3, -0.25) is 0 Å². The fourth-order valence-electron chi connectivity index (χ4n) is 1.42. The van der Waals surface area contributed by atoms with E-state index in [0.717, 1.165) is 0 Å². The number of ether oxygens (including phenoxy) is 1. The molecule has 8 heteroatoms. The van der Waals surface area contributed by atoms with Crippen LogP contribution in [-0.4, -0.2) is 40.9 Å². The van der Waals surface area contributed by atoms with Gasteiger partial charge in [0.2, 0.25) is 0 Å². The molecule has 0 fully saturated rings. The van der Waals surface area contributed by atoms with Crippen LogP contribution in [0.3, 0.4) is 0 Å². The highest BCUT2D eigenvalue weighted by atomic mass is 16.5. The zero-order valence-electron chi connectivity index (χ0n) is 10.3. The van der Waals surface area contributed by atoms with Gasteiger partial charge in [-0.1, -0.05) is 11.2 Å². The maximum absolute atomic E-state index is 11.3. The lowest BCUT2D eigenvalue weighted by atomic mass is 10.1. The number of methoxy groups -OCH3 is 1. The van der Waals surface area contributed by atoms with E-state index in [1.807, 2.05) is 0 Å². The molecule has 0 aromatic carbocycles. The van der Waals surface area contributed by atoms with Crippen LogP contribution < -0.4 is 0 Å². The van der Waals surface area contributed by atoms with Gasteiger partial charge in [0, 0.05) is 11.5 Å². The van der Waals surface area contributed by atoms with Crippen molar-refractivity contribution in [3.63, 3.8) is 0 Å². The highest BCUT2D eigenvalue weighted by Crippen LogP contribution is 2.17. The van der Waals surface area contributed by atoms with Crippen molar-refractivity contribution >= 4 is 5.97 Å². The van der Waals surface area contributed by atoms with Gasteiger partial charge in [-0.2, -0.15) is 0 Å². The van der Waals surface area contributed by atoms with Crippen LogP contribution in [0.25, 0.3) is 10.4 Å². The molecule has 0 bridgehead atoms. The average molecular weight is 266 g/mol.